The fourth-order valence-corrected chi connectivity index (χ4v) is 3.53. The van der Waals surface area contributed by atoms with Gasteiger partial charge in [0.2, 0.25) is 0 Å². The molecule has 0 saturated heterocycles. The number of ether oxygens (including phenoxy) is 1. The van der Waals surface area contributed by atoms with Crippen LogP contribution in [0.25, 0.3) is 0 Å². The molecule has 9 heteroatoms. The van der Waals surface area contributed by atoms with Crippen molar-refractivity contribution in [1.82, 2.24) is 10.2 Å². The Hall–Kier alpha value is -3.46. The molecule has 0 saturated carbocycles. The molecule has 33 heavy (non-hydrogen) atoms. The molecule has 1 aliphatic rings. The van der Waals surface area contributed by atoms with E-state index in [1.54, 1.807) is 48.3 Å². The van der Waals surface area contributed by atoms with Crippen LogP contribution in [0.4, 0.5) is 20.6 Å². The smallest absolute Gasteiger partial charge is 0.338 e. The summed E-state index contributed by atoms with van der Waals surface area (Å²) in [5.74, 6) is -0.713. The first-order valence-corrected chi connectivity index (χ1v) is 10.9. The number of rotatable bonds is 6. The number of urea groups is 1. The van der Waals surface area contributed by atoms with Gasteiger partial charge in [-0.25, -0.2) is 14.0 Å². The summed E-state index contributed by atoms with van der Waals surface area (Å²) in [4.78, 5) is 26.8. The Morgan fingerprint density at radius 3 is 2.45 bits per heavy atom. The van der Waals surface area contributed by atoms with Crippen molar-refractivity contribution in [3.63, 3.8) is 0 Å². The van der Waals surface area contributed by atoms with Gasteiger partial charge in [0.05, 0.1) is 23.9 Å². The summed E-state index contributed by atoms with van der Waals surface area (Å²) in [6.45, 7) is 6.09. The molecule has 2 aromatic rings. The van der Waals surface area contributed by atoms with Gasteiger partial charge in [-0.15, -0.1) is 0 Å². The fraction of sp³-hybridized carbons (Fsp3) is 0.292. The van der Waals surface area contributed by atoms with Gasteiger partial charge in [0.25, 0.3) is 0 Å². The van der Waals surface area contributed by atoms with E-state index in [4.69, 9.17) is 17.0 Å². The molecule has 174 valence electrons. The van der Waals surface area contributed by atoms with Gasteiger partial charge in [0.15, 0.2) is 5.11 Å². The number of allylic oxidation sites excluding steroid dienone is 1. The standard InChI is InChI=1S/C24H27FN4O3S/c1-14(2)13-32-22(30)20-15(3)29(4)24(33)28-21(20)16-9-11-17(12-10-16)26-23(31)27-19-8-6-5-7-18(19)25/h5-12,14,21H,13H2,1-4H3,(H,28,33)(H2,26,27,31). The molecular weight excluding hydrogens is 443 g/mol. The Balaban J connectivity index is 1.77. The topological polar surface area (TPSA) is 82.7 Å². The SMILES string of the molecule is CC1=C(C(=O)OCC(C)C)C(c2ccc(NC(=O)Nc3ccccc3F)cc2)NC(=S)N1C. The number of carbonyl (C=O) groups is 2. The van der Waals surface area contributed by atoms with Crippen molar-refractivity contribution in [2.75, 3.05) is 24.3 Å². The van der Waals surface area contributed by atoms with Gasteiger partial charge in [-0.2, -0.15) is 0 Å². The van der Waals surface area contributed by atoms with Gasteiger partial charge in [-0.1, -0.05) is 38.1 Å². The minimum Gasteiger partial charge on any atom is -0.462 e. The molecule has 2 amide bonds. The number of nitrogens with zero attached hydrogens (tertiary/aromatic N) is 1. The number of benzene rings is 2. The zero-order valence-electron chi connectivity index (χ0n) is 18.9. The van der Waals surface area contributed by atoms with Crippen LogP contribution in [0.2, 0.25) is 0 Å². The van der Waals surface area contributed by atoms with Crippen LogP contribution in [0.5, 0.6) is 0 Å². The van der Waals surface area contributed by atoms with Gasteiger partial charge in [-0.05, 0) is 54.9 Å². The Morgan fingerprint density at radius 2 is 1.82 bits per heavy atom. The predicted octanol–water partition coefficient (Wildman–Crippen LogP) is 4.80. The van der Waals surface area contributed by atoms with Crippen LogP contribution in [-0.2, 0) is 9.53 Å². The minimum atomic E-state index is -0.569. The number of thiocarbonyl (C=S) groups is 1. The first kappa shape index (κ1) is 24.2. The van der Waals surface area contributed by atoms with Crippen molar-refractivity contribution in [3.05, 3.63) is 71.2 Å². The van der Waals surface area contributed by atoms with Crippen LogP contribution < -0.4 is 16.0 Å². The normalized spacial score (nSPS) is 15.9. The second-order valence-electron chi connectivity index (χ2n) is 8.11. The number of esters is 1. The number of hydrogen-bond acceptors (Lipinski definition) is 4. The number of carbonyl (C=O) groups excluding carboxylic acids is 2. The van der Waals surface area contributed by atoms with Gasteiger partial charge < -0.3 is 25.6 Å². The molecule has 0 spiro atoms. The molecule has 2 aromatic carbocycles. The summed E-state index contributed by atoms with van der Waals surface area (Å²) in [5.41, 5.74) is 2.56. The van der Waals surface area contributed by atoms with Gasteiger partial charge in [-0.3, -0.25) is 0 Å². The van der Waals surface area contributed by atoms with Crippen molar-refractivity contribution < 1.29 is 18.7 Å². The van der Waals surface area contributed by atoms with Crippen molar-refractivity contribution in [2.24, 2.45) is 5.92 Å². The summed E-state index contributed by atoms with van der Waals surface area (Å²) in [5, 5.41) is 8.81. The summed E-state index contributed by atoms with van der Waals surface area (Å²) in [7, 11) is 1.79. The van der Waals surface area contributed by atoms with Crippen LogP contribution in [0.15, 0.2) is 59.8 Å². The van der Waals surface area contributed by atoms with Gasteiger partial charge in [0, 0.05) is 18.4 Å². The summed E-state index contributed by atoms with van der Waals surface area (Å²) in [6.07, 6.45) is 0. The lowest BCUT2D eigenvalue weighted by atomic mass is 9.95. The third-order valence-corrected chi connectivity index (χ3v) is 5.54. The van der Waals surface area contributed by atoms with Gasteiger partial charge in [0.1, 0.15) is 5.82 Å². The number of anilines is 2. The van der Waals surface area contributed by atoms with E-state index in [9.17, 15) is 14.0 Å². The van der Waals surface area contributed by atoms with E-state index in [0.29, 0.717) is 28.7 Å². The molecule has 1 heterocycles. The predicted molar refractivity (Wildman–Crippen MR) is 130 cm³/mol. The number of para-hydroxylation sites is 1. The third-order valence-electron chi connectivity index (χ3n) is 5.15. The third kappa shape index (κ3) is 5.87. The molecule has 0 aliphatic carbocycles. The molecule has 3 N–H and O–H groups in total. The molecule has 0 aromatic heterocycles. The highest BCUT2D eigenvalue weighted by Gasteiger charge is 2.33. The second-order valence-corrected chi connectivity index (χ2v) is 8.50. The lowest BCUT2D eigenvalue weighted by Gasteiger charge is -2.35. The van der Waals surface area contributed by atoms with E-state index in [-0.39, 0.29) is 11.6 Å². The summed E-state index contributed by atoms with van der Waals surface area (Å²) < 4.78 is 19.2. The quantitative estimate of drug-likeness (QED) is 0.415. The molecule has 3 rings (SSSR count). The molecule has 0 radical (unpaired) electrons. The van der Waals surface area contributed by atoms with Crippen LogP contribution in [0.1, 0.15) is 32.4 Å². The molecule has 1 unspecified atom stereocenters. The lowest BCUT2D eigenvalue weighted by molar-refractivity contribution is -0.140. The van der Waals surface area contributed by atoms with E-state index in [2.05, 4.69) is 16.0 Å². The maximum Gasteiger partial charge on any atom is 0.338 e. The minimum absolute atomic E-state index is 0.0841. The molecule has 0 fully saturated rings. The zero-order valence-corrected chi connectivity index (χ0v) is 19.8. The van der Waals surface area contributed by atoms with Crippen LogP contribution in [-0.4, -0.2) is 35.7 Å². The highest BCUT2D eigenvalue weighted by Crippen LogP contribution is 2.31. The first-order chi connectivity index (χ1) is 15.7. The van der Waals surface area contributed by atoms with Crippen molar-refractivity contribution in [1.29, 1.82) is 0 Å². The zero-order chi connectivity index (χ0) is 24.1. The molecule has 0 bridgehead atoms. The highest BCUT2D eigenvalue weighted by atomic mass is 32.1. The van der Waals surface area contributed by atoms with E-state index < -0.39 is 23.9 Å². The highest BCUT2D eigenvalue weighted by molar-refractivity contribution is 7.80. The van der Waals surface area contributed by atoms with Crippen molar-refractivity contribution in [3.8, 4) is 0 Å². The van der Waals surface area contributed by atoms with E-state index >= 15 is 0 Å². The van der Waals surface area contributed by atoms with Crippen molar-refractivity contribution in [2.45, 2.75) is 26.8 Å². The fourth-order valence-electron chi connectivity index (χ4n) is 3.28. The number of halogens is 1. The van der Waals surface area contributed by atoms with Crippen LogP contribution >= 0.6 is 12.2 Å². The second kappa shape index (κ2) is 10.4. The Bertz CT molecular complexity index is 1090. The van der Waals surface area contributed by atoms with Crippen LogP contribution in [0, 0.1) is 11.7 Å². The average Bonchev–Trinajstić information content (AvgIpc) is 2.77. The monoisotopic (exact) mass is 470 g/mol. The number of hydrogen-bond donors (Lipinski definition) is 3. The number of nitrogens with one attached hydrogen (secondary N) is 3. The van der Waals surface area contributed by atoms with E-state index in [0.717, 1.165) is 5.56 Å². The Labute approximate surface area is 198 Å². The van der Waals surface area contributed by atoms with Crippen molar-refractivity contribution >= 4 is 40.7 Å². The Kier molecular flexibility index (Phi) is 7.65. The Morgan fingerprint density at radius 1 is 1.15 bits per heavy atom. The summed E-state index contributed by atoms with van der Waals surface area (Å²) in [6, 6.07) is 11.8. The maximum absolute atomic E-state index is 13.7. The molecule has 7 nitrogen and oxygen atoms in total. The number of amides is 2. The lowest BCUT2D eigenvalue weighted by Crippen LogP contribution is -2.46. The molecule has 1 atom stereocenters. The largest absolute Gasteiger partial charge is 0.462 e. The average molecular weight is 471 g/mol. The first-order valence-electron chi connectivity index (χ1n) is 10.5. The summed E-state index contributed by atoms with van der Waals surface area (Å²) >= 11 is 5.42. The van der Waals surface area contributed by atoms with Gasteiger partial charge >= 0.3 is 12.0 Å². The van der Waals surface area contributed by atoms with E-state index in [1.807, 2.05) is 20.8 Å². The molecule has 1 aliphatic heterocycles. The van der Waals surface area contributed by atoms with E-state index in [1.165, 1.54) is 12.1 Å². The maximum atomic E-state index is 13.7. The molecular formula is C24H27FN4O3S. The van der Waals surface area contributed by atoms with Crippen LogP contribution in [0.3, 0.4) is 0 Å².